The Labute approximate surface area is 95.2 Å². The molecule has 2 rings (SSSR count). The molecule has 0 unspecified atom stereocenters. The van der Waals surface area contributed by atoms with E-state index in [2.05, 4.69) is 11.8 Å². The van der Waals surface area contributed by atoms with Gasteiger partial charge in [0.25, 0.3) is 0 Å². The Morgan fingerprint density at radius 1 is 1.00 bits per heavy atom. The van der Waals surface area contributed by atoms with Crippen LogP contribution in [0.3, 0.4) is 0 Å². The first-order valence-corrected chi connectivity index (χ1v) is 7.14. The van der Waals surface area contributed by atoms with E-state index in [0.717, 1.165) is 12.0 Å². The van der Waals surface area contributed by atoms with Crippen LogP contribution in [0.15, 0.2) is 0 Å². The molecule has 1 aliphatic heterocycles. The lowest BCUT2D eigenvalue weighted by molar-refractivity contribution is 0.0821. The quantitative estimate of drug-likeness (QED) is 0.622. The minimum absolute atomic E-state index is 0.988. The van der Waals surface area contributed by atoms with Crippen molar-refractivity contribution in [2.75, 3.05) is 13.1 Å². The molecule has 1 heterocycles. The molecule has 0 radical (unpaired) electrons. The zero-order valence-electron chi connectivity index (χ0n) is 10.4. The molecular formula is C14H27N. The van der Waals surface area contributed by atoms with Crippen molar-refractivity contribution < 1.29 is 0 Å². The molecule has 0 aromatic rings. The number of hydrogen-bond acceptors (Lipinski definition) is 1. The first kappa shape index (κ1) is 11.4. The monoisotopic (exact) mass is 209 g/mol. The highest BCUT2D eigenvalue weighted by atomic mass is 15.2. The first-order chi connectivity index (χ1) is 7.40. The van der Waals surface area contributed by atoms with E-state index in [-0.39, 0.29) is 0 Å². The summed E-state index contributed by atoms with van der Waals surface area (Å²) in [5.74, 6) is 1.06. The minimum Gasteiger partial charge on any atom is -0.300 e. The lowest BCUT2D eigenvalue weighted by atomic mass is 9.86. The van der Waals surface area contributed by atoms with Gasteiger partial charge in [0.1, 0.15) is 0 Å². The highest BCUT2D eigenvalue weighted by Gasteiger charge is 2.28. The third-order valence-corrected chi connectivity index (χ3v) is 4.46. The number of hydrogen-bond donors (Lipinski definition) is 0. The van der Waals surface area contributed by atoms with E-state index in [4.69, 9.17) is 0 Å². The highest BCUT2D eigenvalue weighted by Crippen LogP contribution is 2.30. The number of unbranched alkanes of at least 4 members (excludes halogenated alkanes) is 2. The predicted molar refractivity (Wildman–Crippen MR) is 66.1 cm³/mol. The van der Waals surface area contributed by atoms with Crippen molar-refractivity contribution in [3.63, 3.8) is 0 Å². The first-order valence-electron chi connectivity index (χ1n) is 7.14. The van der Waals surface area contributed by atoms with E-state index >= 15 is 0 Å². The van der Waals surface area contributed by atoms with Gasteiger partial charge in [0.15, 0.2) is 0 Å². The van der Waals surface area contributed by atoms with Crippen molar-refractivity contribution in [2.24, 2.45) is 5.92 Å². The molecule has 1 aliphatic carbocycles. The Bertz CT molecular complexity index is 166. The average molecular weight is 209 g/mol. The van der Waals surface area contributed by atoms with Gasteiger partial charge < -0.3 is 4.90 Å². The summed E-state index contributed by atoms with van der Waals surface area (Å²) < 4.78 is 0. The molecule has 1 heteroatoms. The molecule has 1 nitrogen and oxygen atoms in total. The van der Waals surface area contributed by atoms with Crippen LogP contribution in [0.2, 0.25) is 0 Å². The van der Waals surface area contributed by atoms with Crippen LogP contribution in [0.25, 0.3) is 0 Å². The van der Waals surface area contributed by atoms with Gasteiger partial charge in [0.2, 0.25) is 0 Å². The van der Waals surface area contributed by atoms with Crippen molar-refractivity contribution in [2.45, 2.75) is 70.8 Å². The van der Waals surface area contributed by atoms with Crippen LogP contribution < -0.4 is 0 Å². The summed E-state index contributed by atoms with van der Waals surface area (Å²) >= 11 is 0. The zero-order valence-corrected chi connectivity index (χ0v) is 10.4. The Balaban J connectivity index is 1.59. The fourth-order valence-corrected chi connectivity index (χ4v) is 3.04. The van der Waals surface area contributed by atoms with Gasteiger partial charge in [-0.1, -0.05) is 39.0 Å². The maximum atomic E-state index is 2.76. The van der Waals surface area contributed by atoms with Crippen LogP contribution in [-0.2, 0) is 0 Å². The Hall–Kier alpha value is -0.0400. The van der Waals surface area contributed by atoms with Crippen molar-refractivity contribution in [3.8, 4) is 0 Å². The number of piperidine rings is 1. The second-order valence-electron chi connectivity index (χ2n) is 5.56. The summed E-state index contributed by atoms with van der Waals surface area (Å²) in [6.07, 6.45) is 13.2. The van der Waals surface area contributed by atoms with Crippen molar-refractivity contribution in [1.82, 2.24) is 4.90 Å². The Morgan fingerprint density at radius 2 is 1.73 bits per heavy atom. The summed E-state index contributed by atoms with van der Waals surface area (Å²) in [4.78, 5) is 2.76. The Morgan fingerprint density at radius 3 is 2.27 bits per heavy atom. The third-order valence-electron chi connectivity index (χ3n) is 4.46. The van der Waals surface area contributed by atoms with Gasteiger partial charge in [-0.3, -0.25) is 0 Å². The van der Waals surface area contributed by atoms with Gasteiger partial charge in [-0.15, -0.1) is 0 Å². The molecule has 1 saturated heterocycles. The summed E-state index contributed by atoms with van der Waals surface area (Å²) in [6.45, 7) is 5.11. The minimum atomic E-state index is 0.988. The second kappa shape index (κ2) is 5.89. The second-order valence-corrected chi connectivity index (χ2v) is 5.56. The lowest BCUT2D eigenvalue weighted by Gasteiger charge is -2.41. The van der Waals surface area contributed by atoms with Crippen molar-refractivity contribution >= 4 is 0 Å². The largest absolute Gasteiger partial charge is 0.300 e. The van der Waals surface area contributed by atoms with E-state index in [1.807, 2.05) is 0 Å². The van der Waals surface area contributed by atoms with E-state index in [0.29, 0.717) is 0 Å². The van der Waals surface area contributed by atoms with Crippen LogP contribution >= 0.6 is 0 Å². The molecule has 88 valence electrons. The molecule has 1 saturated carbocycles. The molecule has 0 N–H and O–H groups in total. The van der Waals surface area contributed by atoms with Crippen LogP contribution in [0, 0.1) is 5.92 Å². The fraction of sp³-hybridized carbons (Fsp3) is 1.00. The summed E-state index contributed by atoms with van der Waals surface area (Å²) in [5.41, 5.74) is 0. The van der Waals surface area contributed by atoms with Crippen LogP contribution in [-0.4, -0.2) is 24.0 Å². The lowest BCUT2D eigenvalue weighted by Crippen LogP contribution is -2.44. The third kappa shape index (κ3) is 3.21. The molecule has 0 spiro atoms. The molecule has 2 fully saturated rings. The number of nitrogens with zero attached hydrogens (tertiary/aromatic N) is 1. The fourth-order valence-electron chi connectivity index (χ4n) is 3.04. The topological polar surface area (TPSA) is 3.24 Å². The van der Waals surface area contributed by atoms with Crippen LogP contribution in [0.5, 0.6) is 0 Å². The summed E-state index contributed by atoms with van der Waals surface area (Å²) in [6, 6.07) is 0.988. The molecule has 15 heavy (non-hydrogen) atoms. The molecule has 0 atom stereocenters. The highest BCUT2D eigenvalue weighted by molar-refractivity contribution is 4.83. The molecule has 0 amide bonds. The van der Waals surface area contributed by atoms with Crippen LogP contribution in [0.1, 0.15) is 64.7 Å². The normalized spacial score (nSPS) is 25.4. The maximum Gasteiger partial charge on any atom is 0.00952 e. The van der Waals surface area contributed by atoms with Gasteiger partial charge in [-0.05, 0) is 44.7 Å². The molecule has 2 aliphatic rings. The summed E-state index contributed by atoms with van der Waals surface area (Å²) in [5, 5.41) is 0. The molecule has 0 aromatic carbocycles. The van der Waals surface area contributed by atoms with E-state index < -0.39 is 0 Å². The smallest absolute Gasteiger partial charge is 0.00952 e. The maximum absolute atomic E-state index is 2.76. The van der Waals surface area contributed by atoms with E-state index in [1.54, 1.807) is 0 Å². The standard InChI is InChI=1S/C14H27N/c1-2-3-4-6-13-9-11-15(12-10-13)14-7-5-8-14/h13-14H,2-12H2,1H3. The average Bonchev–Trinajstić information content (AvgIpc) is 2.18. The predicted octanol–water partition coefficient (Wildman–Crippen LogP) is 3.83. The van der Waals surface area contributed by atoms with Gasteiger partial charge in [-0.25, -0.2) is 0 Å². The molecule has 0 bridgehead atoms. The van der Waals surface area contributed by atoms with Crippen molar-refractivity contribution in [1.29, 1.82) is 0 Å². The van der Waals surface area contributed by atoms with Gasteiger partial charge in [0.05, 0.1) is 0 Å². The Kier molecular flexibility index (Phi) is 4.49. The molecular weight excluding hydrogens is 182 g/mol. The number of rotatable bonds is 5. The van der Waals surface area contributed by atoms with E-state index in [1.165, 1.54) is 70.9 Å². The van der Waals surface area contributed by atoms with Gasteiger partial charge in [-0.2, -0.15) is 0 Å². The van der Waals surface area contributed by atoms with Crippen LogP contribution in [0.4, 0.5) is 0 Å². The number of likely N-dealkylation sites (tertiary alicyclic amines) is 1. The zero-order chi connectivity index (χ0) is 10.5. The van der Waals surface area contributed by atoms with Gasteiger partial charge >= 0.3 is 0 Å². The van der Waals surface area contributed by atoms with Crippen molar-refractivity contribution in [3.05, 3.63) is 0 Å². The van der Waals surface area contributed by atoms with E-state index in [9.17, 15) is 0 Å². The molecule has 0 aromatic heterocycles. The summed E-state index contributed by atoms with van der Waals surface area (Å²) in [7, 11) is 0. The van der Waals surface area contributed by atoms with Gasteiger partial charge in [0, 0.05) is 6.04 Å². The SMILES string of the molecule is CCCCCC1CCN(C2CCC2)CC1.